The Kier molecular flexibility index (Phi) is 5.05. The first kappa shape index (κ1) is 14.3. The molecule has 0 aromatic carbocycles. The van der Waals surface area contributed by atoms with Gasteiger partial charge in [0.25, 0.3) is 0 Å². The lowest BCUT2D eigenvalue weighted by Gasteiger charge is -2.24. The van der Waals surface area contributed by atoms with E-state index < -0.39 is 0 Å². The second-order valence-corrected chi connectivity index (χ2v) is 7.02. The van der Waals surface area contributed by atoms with Gasteiger partial charge in [-0.1, -0.05) is 0 Å². The van der Waals surface area contributed by atoms with Crippen LogP contribution in [0.3, 0.4) is 0 Å². The van der Waals surface area contributed by atoms with Gasteiger partial charge in [0.1, 0.15) is 0 Å². The molecule has 0 radical (unpaired) electrons. The van der Waals surface area contributed by atoms with Gasteiger partial charge >= 0.3 is 0 Å². The summed E-state index contributed by atoms with van der Waals surface area (Å²) in [5.41, 5.74) is 0.267. The van der Waals surface area contributed by atoms with Gasteiger partial charge in [0.05, 0.1) is 0 Å². The van der Waals surface area contributed by atoms with E-state index in [4.69, 9.17) is 0 Å². The summed E-state index contributed by atoms with van der Waals surface area (Å²) in [6, 6.07) is 0.864. The summed E-state index contributed by atoms with van der Waals surface area (Å²) < 4.78 is 0. The predicted octanol–water partition coefficient (Wildman–Crippen LogP) is 1.93. The van der Waals surface area contributed by atoms with Crippen LogP contribution in [0.2, 0.25) is 0 Å². The molecule has 2 aliphatic rings. The van der Waals surface area contributed by atoms with Gasteiger partial charge in [0.15, 0.2) is 0 Å². The fourth-order valence-corrected chi connectivity index (χ4v) is 3.19. The molecule has 2 aliphatic heterocycles. The lowest BCUT2D eigenvalue weighted by molar-refractivity contribution is 0.230. The summed E-state index contributed by atoms with van der Waals surface area (Å²) in [6.07, 6.45) is 5.52. The highest BCUT2D eigenvalue weighted by molar-refractivity contribution is 4.85. The average molecular weight is 253 g/mol. The standard InChI is InChI=1S/C15H31N3/c1-15(2,3)16-8-6-9-17-12-7-14(13-17)18-10-4-5-11-18/h14,16H,4-13H2,1-3H3. The molecule has 0 spiro atoms. The van der Waals surface area contributed by atoms with Crippen molar-refractivity contribution in [2.45, 2.75) is 58.0 Å². The van der Waals surface area contributed by atoms with E-state index in [-0.39, 0.29) is 5.54 Å². The van der Waals surface area contributed by atoms with Crippen molar-refractivity contribution in [3.8, 4) is 0 Å². The topological polar surface area (TPSA) is 18.5 Å². The molecule has 106 valence electrons. The smallest absolute Gasteiger partial charge is 0.0235 e. The SMILES string of the molecule is CC(C)(C)NCCCN1CCC(N2CCCC2)C1. The van der Waals surface area contributed by atoms with Crippen LogP contribution in [0.15, 0.2) is 0 Å². The van der Waals surface area contributed by atoms with Crippen molar-refractivity contribution in [3.05, 3.63) is 0 Å². The van der Waals surface area contributed by atoms with Crippen LogP contribution in [-0.2, 0) is 0 Å². The van der Waals surface area contributed by atoms with E-state index in [0.717, 1.165) is 12.6 Å². The normalized spacial score (nSPS) is 27.2. The van der Waals surface area contributed by atoms with Gasteiger partial charge in [-0.15, -0.1) is 0 Å². The Morgan fingerprint density at radius 2 is 1.83 bits per heavy atom. The van der Waals surface area contributed by atoms with Crippen molar-refractivity contribution in [3.63, 3.8) is 0 Å². The molecule has 2 fully saturated rings. The van der Waals surface area contributed by atoms with Gasteiger partial charge in [0.2, 0.25) is 0 Å². The van der Waals surface area contributed by atoms with Crippen molar-refractivity contribution in [2.24, 2.45) is 0 Å². The van der Waals surface area contributed by atoms with Gasteiger partial charge in [0, 0.05) is 18.1 Å². The molecule has 18 heavy (non-hydrogen) atoms. The molecule has 3 heteroatoms. The number of rotatable bonds is 5. The minimum absolute atomic E-state index is 0.267. The highest BCUT2D eigenvalue weighted by Crippen LogP contribution is 2.20. The van der Waals surface area contributed by atoms with Crippen LogP contribution < -0.4 is 5.32 Å². The third-order valence-electron chi connectivity index (χ3n) is 4.21. The third-order valence-corrected chi connectivity index (χ3v) is 4.21. The maximum Gasteiger partial charge on any atom is 0.0235 e. The molecule has 0 aromatic rings. The van der Waals surface area contributed by atoms with Gasteiger partial charge in [-0.2, -0.15) is 0 Å². The van der Waals surface area contributed by atoms with Crippen LogP contribution >= 0.6 is 0 Å². The molecule has 2 saturated heterocycles. The van der Waals surface area contributed by atoms with E-state index in [9.17, 15) is 0 Å². The summed E-state index contributed by atoms with van der Waals surface area (Å²) in [7, 11) is 0. The van der Waals surface area contributed by atoms with Crippen LogP contribution in [0, 0.1) is 0 Å². The Hall–Kier alpha value is -0.120. The van der Waals surface area contributed by atoms with Gasteiger partial charge in [-0.25, -0.2) is 0 Å². The molecular formula is C15H31N3. The number of hydrogen-bond acceptors (Lipinski definition) is 3. The zero-order valence-electron chi connectivity index (χ0n) is 12.5. The van der Waals surface area contributed by atoms with Crippen LogP contribution in [0.25, 0.3) is 0 Å². The molecular weight excluding hydrogens is 222 g/mol. The summed E-state index contributed by atoms with van der Waals surface area (Å²) in [5.74, 6) is 0. The minimum Gasteiger partial charge on any atom is -0.312 e. The number of hydrogen-bond donors (Lipinski definition) is 1. The van der Waals surface area contributed by atoms with Crippen molar-refractivity contribution in [2.75, 3.05) is 39.3 Å². The first-order valence-corrected chi connectivity index (χ1v) is 7.76. The summed E-state index contributed by atoms with van der Waals surface area (Å²) >= 11 is 0. The van der Waals surface area contributed by atoms with Crippen LogP contribution in [-0.4, -0.2) is 60.6 Å². The number of nitrogens with zero attached hydrogens (tertiary/aromatic N) is 2. The maximum atomic E-state index is 3.58. The Morgan fingerprint density at radius 1 is 1.11 bits per heavy atom. The quantitative estimate of drug-likeness (QED) is 0.755. The largest absolute Gasteiger partial charge is 0.312 e. The Morgan fingerprint density at radius 3 is 2.50 bits per heavy atom. The molecule has 0 saturated carbocycles. The molecule has 2 rings (SSSR count). The van der Waals surface area contributed by atoms with Crippen molar-refractivity contribution in [1.29, 1.82) is 0 Å². The van der Waals surface area contributed by atoms with Crippen molar-refractivity contribution >= 4 is 0 Å². The fraction of sp³-hybridized carbons (Fsp3) is 1.00. The van der Waals surface area contributed by atoms with Crippen LogP contribution in [0.4, 0.5) is 0 Å². The van der Waals surface area contributed by atoms with E-state index >= 15 is 0 Å². The molecule has 2 heterocycles. The molecule has 1 N–H and O–H groups in total. The minimum atomic E-state index is 0.267. The lowest BCUT2D eigenvalue weighted by atomic mass is 10.1. The first-order chi connectivity index (χ1) is 8.54. The van der Waals surface area contributed by atoms with Crippen LogP contribution in [0.5, 0.6) is 0 Å². The van der Waals surface area contributed by atoms with E-state index in [1.54, 1.807) is 0 Å². The third kappa shape index (κ3) is 4.52. The van der Waals surface area contributed by atoms with E-state index in [1.807, 2.05) is 0 Å². The molecule has 0 bridgehead atoms. The number of likely N-dealkylation sites (tertiary alicyclic amines) is 2. The molecule has 0 aromatic heterocycles. The number of nitrogens with one attached hydrogen (secondary N) is 1. The van der Waals surface area contributed by atoms with Gasteiger partial charge < -0.3 is 10.2 Å². The monoisotopic (exact) mass is 253 g/mol. The summed E-state index contributed by atoms with van der Waals surface area (Å²) in [5, 5.41) is 3.58. The highest BCUT2D eigenvalue weighted by Gasteiger charge is 2.28. The van der Waals surface area contributed by atoms with E-state index in [0.29, 0.717) is 0 Å². The van der Waals surface area contributed by atoms with E-state index in [2.05, 4.69) is 35.9 Å². The Bertz CT molecular complexity index is 241. The zero-order valence-corrected chi connectivity index (χ0v) is 12.5. The second kappa shape index (κ2) is 6.36. The molecule has 1 unspecified atom stereocenters. The maximum absolute atomic E-state index is 3.58. The van der Waals surface area contributed by atoms with Gasteiger partial charge in [-0.05, 0) is 79.2 Å². The van der Waals surface area contributed by atoms with Crippen LogP contribution in [0.1, 0.15) is 46.5 Å². The molecule has 3 nitrogen and oxygen atoms in total. The van der Waals surface area contributed by atoms with Crippen molar-refractivity contribution in [1.82, 2.24) is 15.1 Å². The fourth-order valence-electron chi connectivity index (χ4n) is 3.19. The highest BCUT2D eigenvalue weighted by atomic mass is 15.3. The Labute approximate surface area is 113 Å². The molecule has 1 atom stereocenters. The van der Waals surface area contributed by atoms with E-state index in [1.165, 1.54) is 58.4 Å². The molecule has 0 amide bonds. The van der Waals surface area contributed by atoms with Gasteiger partial charge in [-0.3, -0.25) is 4.90 Å². The second-order valence-electron chi connectivity index (χ2n) is 7.02. The predicted molar refractivity (Wildman–Crippen MR) is 78.0 cm³/mol. The molecule has 0 aliphatic carbocycles. The zero-order chi connectivity index (χ0) is 13.0. The van der Waals surface area contributed by atoms with Crippen molar-refractivity contribution < 1.29 is 0 Å². The summed E-state index contributed by atoms with van der Waals surface area (Å²) in [6.45, 7) is 14.5. The lowest BCUT2D eigenvalue weighted by Crippen LogP contribution is -2.38. The first-order valence-electron chi connectivity index (χ1n) is 7.76. The Balaban J connectivity index is 1.58. The average Bonchev–Trinajstić information content (AvgIpc) is 2.93. The summed E-state index contributed by atoms with van der Waals surface area (Å²) in [4.78, 5) is 5.38.